The summed E-state index contributed by atoms with van der Waals surface area (Å²) in [6.07, 6.45) is 8.25. The summed E-state index contributed by atoms with van der Waals surface area (Å²) in [6, 6.07) is 4.58. The number of hydrogen-bond acceptors (Lipinski definition) is 4. The molecule has 5 nitrogen and oxygen atoms in total. The van der Waals surface area contributed by atoms with Gasteiger partial charge >= 0.3 is 0 Å². The second kappa shape index (κ2) is 8.35. The number of piperidine rings is 1. The molecule has 3 heterocycles. The number of nitrogens with one attached hydrogen (secondary N) is 2. The third kappa shape index (κ3) is 4.35. The number of aryl methyl sites for hydroxylation is 2. The Balaban J connectivity index is 1.24. The molecule has 0 aromatic carbocycles. The van der Waals surface area contributed by atoms with Gasteiger partial charge in [0.2, 0.25) is 5.91 Å². The summed E-state index contributed by atoms with van der Waals surface area (Å²) in [4.78, 5) is 16.3. The van der Waals surface area contributed by atoms with Crippen LogP contribution in [-0.2, 0) is 30.6 Å². The number of carbonyl (C=O) groups excluding carboxylic acids is 1. The Morgan fingerprint density at radius 2 is 2.27 bits per heavy atom. The molecule has 140 valence electrons. The van der Waals surface area contributed by atoms with Crippen molar-refractivity contribution in [2.75, 3.05) is 13.1 Å². The number of hydrogen-bond donors (Lipinski definition) is 2. The van der Waals surface area contributed by atoms with Crippen molar-refractivity contribution in [3.8, 4) is 0 Å². The molecule has 2 N–H and O–H groups in total. The van der Waals surface area contributed by atoms with Crippen molar-refractivity contribution in [3.63, 3.8) is 0 Å². The van der Waals surface area contributed by atoms with E-state index in [1.807, 2.05) is 11.3 Å². The summed E-state index contributed by atoms with van der Waals surface area (Å²) in [7, 11) is 0. The number of aromatic nitrogens is 2. The van der Waals surface area contributed by atoms with Crippen molar-refractivity contribution >= 4 is 17.2 Å². The first-order valence-corrected chi connectivity index (χ1v) is 10.7. The van der Waals surface area contributed by atoms with E-state index in [2.05, 4.69) is 37.9 Å². The highest BCUT2D eigenvalue weighted by molar-refractivity contribution is 7.09. The zero-order chi connectivity index (χ0) is 17.8. The Morgan fingerprint density at radius 1 is 1.35 bits per heavy atom. The lowest BCUT2D eigenvalue weighted by atomic mass is 9.94. The summed E-state index contributed by atoms with van der Waals surface area (Å²) in [5, 5.41) is 13.0. The molecule has 0 spiro atoms. The molecule has 1 saturated heterocycles. The van der Waals surface area contributed by atoms with Crippen LogP contribution in [0, 0.1) is 0 Å². The number of H-pyrrole nitrogens is 1. The summed E-state index contributed by atoms with van der Waals surface area (Å²) in [5.74, 6) is 0.167. The van der Waals surface area contributed by atoms with Crippen LogP contribution in [0.15, 0.2) is 17.5 Å². The number of thiophene rings is 1. The highest BCUT2D eigenvalue weighted by Crippen LogP contribution is 2.23. The van der Waals surface area contributed by atoms with E-state index in [0.717, 1.165) is 57.4 Å². The van der Waals surface area contributed by atoms with Crippen molar-refractivity contribution in [1.82, 2.24) is 20.4 Å². The predicted molar refractivity (Wildman–Crippen MR) is 104 cm³/mol. The van der Waals surface area contributed by atoms with Crippen molar-refractivity contribution in [1.29, 1.82) is 0 Å². The van der Waals surface area contributed by atoms with Gasteiger partial charge in [0.05, 0.1) is 5.69 Å². The standard InChI is InChI=1S/C20H28N4OS/c25-20(10-9-19-17-7-1-2-8-18(17)22-23-19)21-15-5-3-11-24(13-15)14-16-6-4-12-26-16/h4,6,12,15H,1-3,5,7-11,13-14H2,(H,21,25)(H,22,23)/t15-/m0/s1. The van der Waals surface area contributed by atoms with E-state index in [0.29, 0.717) is 6.42 Å². The number of rotatable bonds is 6. The number of amides is 1. The van der Waals surface area contributed by atoms with E-state index in [4.69, 9.17) is 0 Å². The Morgan fingerprint density at radius 3 is 3.15 bits per heavy atom. The van der Waals surface area contributed by atoms with Gasteiger partial charge in [0.1, 0.15) is 0 Å². The molecule has 0 saturated carbocycles. The number of fused-ring (bicyclic) bond motifs is 1. The zero-order valence-electron chi connectivity index (χ0n) is 15.3. The van der Waals surface area contributed by atoms with Gasteiger partial charge in [0.15, 0.2) is 0 Å². The van der Waals surface area contributed by atoms with Crippen LogP contribution in [-0.4, -0.2) is 40.1 Å². The number of likely N-dealkylation sites (tertiary alicyclic amines) is 1. The molecule has 26 heavy (non-hydrogen) atoms. The van der Waals surface area contributed by atoms with Crippen LogP contribution < -0.4 is 5.32 Å². The molecular weight excluding hydrogens is 344 g/mol. The van der Waals surface area contributed by atoms with Gasteiger partial charge in [-0.25, -0.2) is 0 Å². The first-order valence-electron chi connectivity index (χ1n) is 9.87. The van der Waals surface area contributed by atoms with Crippen molar-refractivity contribution in [3.05, 3.63) is 39.3 Å². The second-order valence-corrected chi connectivity index (χ2v) is 8.59. The maximum Gasteiger partial charge on any atom is 0.220 e. The fraction of sp³-hybridized carbons (Fsp3) is 0.600. The van der Waals surface area contributed by atoms with E-state index in [-0.39, 0.29) is 11.9 Å². The lowest BCUT2D eigenvalue weighted by Gasteiger charge is -2.32. The van der Waals surface area contributed by atoms with Crippen LogP contribution >= 0.6 is 11.3 Å². The van der Waals surface area contributed by atoms with Crippen LogP contribution in [0.1, 0.15) is 53.9 Å². The Hall–Kier alpha value is -1.66. The van der Waals surface area contributed by atoms with Gasteiger partial charge in [-0.1, -0.05) is 6.07 Å². The van der Waals surface area contributed by atoms with Crippen molar-refractivity contribution in [2.24, 2.45) is 0 Å². The topological polar surface area (TPSA) is 61.0 Å². The number of nitrogens with zero attached hydrogens (tertiary/aromatic N) is 2. The van der Waals surface area contributed by atoms with E-state index in [1.165, 1.54) is 29.0 Å². The summed E-state index contributed by atoms with van der Waals surface area (Å²) in [6.45, 7) is 3.09. The lowest BCUT2D eigenvalue weighted by molar-refractivity contribution is -0.122. The summed E-state index contributed by atoms with van der Waals surface area (Å²) >= 11 is 1.81. The minimum absolute atomic E-state index is 0.167. The number of aromatic amines is 1. The highest BCUT2D eigenvalue weighted by Gasteiger charge is 2.22. The minimum Gasteiger partial charge on any atom is -0.352 e. The molecule has 1 amide bonds. The molecule has 1 atom stereocenters. The van der Waals surface area contributed by atoms with E-state index in [9.17, 15) is 4.79 Å². The van der Waals surface area contributed by atoms with Crippen molar-refractivity contribution < 1.29 is 4.79 Å². The first kappa shape index (κ1) is 17.7. The fourth-order valence-corrected chi connectivity index (χ4v) is 4.97. The molecule has 1 aliphatic heterocycles. The molecule has 0 bridgehead atoms. The molecule has 0 radical (unpaired) electrons. The molecule has 2 aliphatic rings. The smallest absolute Gasteiger partial charge is 0.220 e. The van der Waals surface area contributed by atoms with E-state index < -0.39 is 0 Å². The third-order valence-electron chi connectivity index (χ3n) is 5.56. The lowest BCUT2D eigenvalue weighted by Crippen LogP contribution is -2.47. The van der Waals surface area contributed by atoms with Crippen LogP contribution in [0.4, 0.5) is 0 Å². The van der Waals surface area contributed by atoms with Gasteiger partial charge in [0.25, 0.3) is 0 Å². The van der Waals surface area contributed by atoms with Gasteiger partial charge in [0, 0.05) is 42.5 Å². The molecule has 0 unspecified atom stereocenters. The first-order chi connectivity index (χ1) is 12.8. The second-order valence-electron chi connectivity index (χ2n) is 7.56. The third-order valence-corrected chi connectivity index (χ3v) is 6.42. The molecular formula is C20H28N4OS. The fourth-order valence-electron chi connectivity index (χ4n) is 4.23. The van der Waals surface area contributed by atoms with Gasteiger partial charge in [-0.15, -0.1) is 11.3 Å². The molecule has 2 aromatic rings. The SMILES string of the molecule is O=C(CCc1n[nH]c2c1CCCC2)N[C@H]1CCCN(Cc2cccs2)C1. The Labute approximate surface area is 159 Å². The van der Waals surface area contributed by atoms with Gasteiger partial charge < -0.3 is 5.32 Å². The van der Waals surface area contributed by atoms with Gasteiger partial charge in [-0.3, -0.25) is 14.8 Å². The monoisotopic (exact) mass is 372 g/mol. The van der Waals surface area contributed by atoms with Gasteiger partial charge in [-0.05, 0) is 62.1 Å². The summed E-state index contributed by atoms with van der Waals surface area (Å²) < 4.78 is 0. The normalized spacial score (nSPS) is 20.7. The highest BCUT2D eigenvalue weighted by atomic mass is 32.1. The average molecular weight is 373 g/mol. The quantitative estimate of drug-likeness (QED) is 0.819. The predicted octanol–water partition coefficient (Wildman–Crippen LogP) is 3.06. The molecule has 2 aromatic heterocycles. The van der Waals surface area contributed by atoms with Crippen LogP contribution in [0.25, 0.3) is 0 Å². The van der Waals surface area contributed by atoms with Crippen LogP contribution in [0.5, 0.6) is 0 Å². The Kier molecular flexibility index (Phi) is 5.70. The Bertz CT molecular complexity index is 724. The van der Waals surface area contributed by atoms with Crippen LogP contribution in [0.2, 0.25) is 0 Å². The van der Waals surface area contributed by atoms with Crippen LogP contribution in [0.3, 0.4) is 0 Å². The molecule has 6 heteroatoms. The van der Waals surface area contributed by atoms with E-state index >= 15 is 0 Å². The van der Waals surface area contributed by atoms with Gasteiger partial charge in [-0.2, -0.15) is 5.10 Å². The molecule has 1 aliphatic carbocycles. The zero-order valence-corrected chi connectivity index (χ0v) is 16.1. The minimum atomic E-state index is 0.167. The van der Waals surface area contributed by atoms with Crippen molar-refractivity contribution in [2.45, 2.75) is 64.0 Å². The summed E-state index contributed by atoms with van der Waals surface area (Å²) in [5.41, 5.74) is 3.78. The molecule has 1 fully saturated rings. The molecule has 4 rings (SSSR count). The van der Waals surface area contributed by atoms with E-state index in [1.54, 1.807) is 0 Å². The maximum absolute atomic E-state index is 12.4. The maximum atomic E-state index is 12.4. The largest absolute Gasteiger partial charge is 0.352 e. The average Bonchev–Trinajstić information content (AvgIpc) is 3.30. The number of carbonyl (C=O) groups is 1.